The standard InChI is InChI=1S/C35H41FN2O7/c1-4-38-22-30(40)29(39)20-27(38)21-37-32(41)9-7-5-6-8-18-45-31-19-25(14-11-24-12-15-26(36)16-13-24)33(35(43)44)34(42)28(31)17-10-23(2)3/h10-16,19-20,22,40,42H,4-9,17-18,21H2,1-3H3,(H,37,41)(H,43,44)/b14-11+. The number of aromatic carboxylic acids is 1. The Morgan fingerprint density at radius 2 is 1.73 bits per heavy atom. The number of rotatable bonds is 16. The van der Waals surface area contributed by atoms with E-state index in [9.17, 15) is 34.1 Å². The van der Waals surface area contributed by atoms with Crippen molar-refractivity contribution in [2.75, 3.05) is 6.61 Å². The van der Waals surface area contributed by atoms with Crippen molar-refractivity contribution in [2.24, 2.45) is 0 Å². The molecule has 0 atom stereocenters. The molecular formula is C35H41FN2O7. The van der Waals surface area contributed by atoms with Gasteiger partial charge in [0, 0.05) is 30.3 Å². The number of pyridine rings is 1. The Morgan fingerprint density at radius 1 is 1.02 bits per heavy atom. The fourth-order valence-corrected chi connectivity index (χ4v) is 4.70. The number of carboxylic acid groups (broad SMARTS) is 1. The van der Waals surface area contributed by atoms with Crippen LogP contribution in [-0.4, -0.2) is 38.4 Å². The van der Waals surface area contributed by atoms with E-state index >= 15 is 0 Å². The second kappa shape index (κ2) is 16.8. The van der Waals surface area contributed by atoms with Gasteiger partial charge in [-0.2, -0.15) is 0 Å². The van der Waals surface area contributed by atoms with Gasteiger partial charge >= 0.3 is 5.97 Å². The van der Waals surface area contributed by atoms with Crippen LogP contribution in [0.3, 0.4) is 0 Å². The highest BCUT2D eigenvalue weighted by molar-refractivity contribution is 5.97. The maximum atomic E-state index is 13.3. The van der Waals surface area contributed by atoms with Crippen LogP contribution in [0.5, 0.6) is 17.2 Å². The summed E-state index contributed by atoms with van der Waals surface area (Å²) in [5.41, 5.74) is 2.20. The molecule has 3 rings (SSSR count). The summed E-state index contributed by atoms with van der Waals surface area (Å²) in [6.45, 7) is 6.77. The van der Waals surface area contributed by atoms with Crippen LogP contribution >= 0.6 is 0 Å². The molecule has 0 bridgehead atoms. The summed E-state index contributed by atoms with van der Waals surface area (Å²) in [7, 11) is 0. The lowest BCUT2D eigenvalue weighted by molar-refractivity contribution is -0.121. The van der Waals surface area contributed by atoms with E-state index in [-0.39, 0.29) is 40.9 Å². The monoisotopic (exact) mass is 620 g/mol. The zero-order valence-electron chi connectivity index (χ0n) is 25.9. The summed E-state index contributed by atoms with van der Waals surface area (Å²) in [6.07, 6.45) is 10.00. The van der Waals surface area contributed by atoms with E-state index in [1.807, 2.05) is 26.8 Å². The minimum Gasteiger partial charge on any atom is -0.507 e. The Bertz CT molecular complexity index is 1600. The number of allylic oxidation sites excluding steroid dienone is 2. The molecule has 10 heteroatoms. The third kappa shape index (κ3) is 10.4. The Morgan fingerprint density at radius 3 is 2.40 bits per heavy atom. The second-order valence-corrected chi connectivity index (χ2v) is 10.9. The SMILES string of the molecule is CCn1cc(O)c(=O)cc1CNC(=O)CCCCCCOc1cc(/C=C/c2ccc(F)cc2)c(C(=O)O)c(O)c1CC=C(C)C. The van der Waals surface area contributed by atoms with Gasteiger partial charge in [0.15, 0.2) is 5.75 Å². The second-order valence-electron chi connectivity index (χ2n) is 10.9. The van der Waals surface area contributed by atoms with Gasteiger partial charge in [-0.05, 0) is 69.4 Å². The number of aryl methyl sites for hydroxylation is 1. The maximum absolute atomic E-state index is 13.3. The van der Waals surface area contributed by atoms with Crippen LogP contribution in [0, 0.1) is 5.82 Å². The molecule has 0 radical (unpaired) electrons. The van der Waals surface area contributed by atoms with Crippen molar-refractivity contribution in [3.8, 4) is 17.2 Å². The molecule has 4 N–H and O–H groups in total. The molecule has 0 unspecified atom stereocenters. The zero-order valence-corrected chi connectivity index (χ0v) is 25.9. The Hall–Kier alpha value is -4.86. The predicted octanol–water partition coefficient (Wildman–Crippen LogP) is 6.44. The van der Waals surface area contributed by atoms with E-state index in [0.717, 1.165) is 18.4 Å². The van der Waals surface area contributed by atoms with Crippen molar-refractivity contribution >= 4 is 24.0 Å². The molecule has 240 valence electrons. The normalized spacial score (nSPS) is 11.0. The summed E-state index contributed by atoms with van der Waals surface area (Å²) in [5.74, 6) is -2.09. The van der Waals surface area contributed by atoms with Gasteiger partial charge < -0.3 is 29.9 Å². The van der Waals surface area contributed by atoms with Crippen LogP contribution in [0.25, 0.3) is 12.2 Å². The van der Waals surface area contributed by atoms with Gasteiger partial charge in [0.05, 0.1) is 19.3 Å². The van der Waals surface area contributed by atoms with Gasteiger partial charge in [0.25, 0.3) is 0 Å². The van der Waals surface area contributed by atoms with Gasteiger partial charge in [-0.15, -0.1) is 0 Å². The quantitative estimate of drug-likeness (QED) is 0.0821. The van der Waals surface area contributed by atoms with Crippen molar-refractivity contribution in [3.63, 3.8) is 0 Å². The average Bonchev–Trinajstić information content (AvgIpc) is 2.99. The number of phenols is 1. The highest BCUT2D eigenvalue weighted by Crippen LogP contribution is 2.36. The smallest absolute Gasteiger partial charge is 0.340 e. The third-order valence-electron chi connectivity index (χ3n) is 7.21. The van der Waals surface area contributed by atoms with Gasteiger partial charge in [0.2, 0.25) is 11.3 Å². The van der Waals surface area contributed by atoms with Crippen molar-refractivity contribution in [1.82, 2.24) is 9.88 Å². The number of nitrogens with one attached hydrogen (secondary N) is 1. The molecule has 0 aliphatic carbocycles. The van der Waals surface area contributed by atoms with Crippen molar-refractivity contribution < 1.29 is 34.0 Å². The molecule has 0 aliphatic heterocycles. The molecule has 0 saturated carbocycles. The van der Waals surface area contributed by atoms with E-state index in [2.05, 4.69) is 5.32 Å². The number of benzene rings is 2. The van der Waals surface area contributed by atoms with Gasteiger partial charge in [0.1, 0.15) is 22.9 Å². The van der Waals surface area contributed by atoms with Crippen molar-refractivity contribution in [2.45, 2.75) is 72.4 Å². The lowest BCUT2D eigenvalue weighted by Crippen LogP contribution is -2.25. The van der Waals surface area contributed by atoms with E-state index in [0.29, 0.717) is 61.4 Å². The molecule has 1 heterocycles. The molecule has 0 saturated heterocycles. The van der Waals surface area contributed by atoms with E-state index < -0.39 is 11.4 Å². The van der Waals surface area contributed by atoms with E-state index in [1.165, 1.54) is 24.4 Å². The summed E-state index contributed by atoms with van der Waals surface area (Å²) >= 11 is 0. The molecule has 3 aromatic rings. The number of carbonyl (C=O) groups is 2. The molecule has 0 spiro atoms. The number of halogens is 1. The van der Waals surface area contributed by atoms with Crippen LogP contribution in [0.15, 0.2) is 59.0 Å². The first-order valence-corrected chi connectivity index (χ1v) is 15.0. The first kappa shape index (κ1) is 34.6. The lowest BCUT2D eigenvalue weighted by Gasteiger charge is -2.16. The molecule has 2 aromatic carbocycles. The highest BCUT2D eigenvalue weighted by atomic mass is 19.1. The molecule has 1 aromatic heterocycles. The van der Waals surface area contributed by atoms with E-state index in [1.54, 1.807) is 34.9 Å². The molecular weight excluding hydrogens is 579 g/mol. The molecule has 9 nitrogen and oxygen atoms in total. The van der Waals surface area contributed by atoms with Crippen LogP contribution in [0.1, 0.15) is 85.6 Å². The number of carboxylic acids is 1. The van der Waals surface area contributed by atoms with Gasteiger partial charge in [-0.25, -0.2) is 9.18 Å². The van der Waals surface area contributed by atoms with Gasteiger partial charge in [-0.1, -0.05) is 48.8 Å². The summed E-state index contributed by atoms with van der Waals surface area (Å²) < 4.78 is 21.1. The van der Waals surface area contributed by atoms with Crippen molar-refractivity contribution in [3.05, 3.63) is 98.2 Å². The van der Waals surface area contributed by atoms with Crippen LogP contribution in [0.2, 0.25) is 0 Å². The topological polar surface area (TPSA) is 138 Å². The number of nitrogens with zero attached hydrogens (tertiary/aromatic N) is 1. The zero-order chi connectivity index (χ0) is 32.9. The summed E-state index contributed by atoms with van der Waals surface area (Å²) in [5, 5.41) is 33.3. The fraction of sp³-hybridized carbons (Fsp3) is 0.343. The van der Waals surface area contributed by atoms with Crippen LogP contribution < -0.4 is 15.5 Å². The van der Waals surface area contributed by atoms with Crippen molar-refractivity contribution in [1.29, 1.82) is 0 Å². The molecule has 0 fully saturated rings. The van der Waals surface area contributed by atoms with Crippen LogP contribution in [-0.2, 0) is 24.3 Å². The third-order valence-corrected chi connectivity index (χ3v) is 7.21. The number of carbonyl (C=O) groups excluding carboxylic acids is 1. The molecule has 1 amide bonds. The summed E-state index contributed by atoms with van der Waals surface area (Å²) in [4.78, 5) is 36.2. The predicted molar refractivity (Wildman–Crippen MR) is 172 cm³/mol. The number of unbranched alkanes of at least 4 members (excludes halogenated alkanes) is 3. The number of hydrogen-bond acceptors (Lipinski definition) is 6. The highest BCUT2D eigenvalue weighted by Gasteiger charge is 2.22. The summed E-state index contributed by atoms with van der Waals surface area (Å²) in [6, 6.07) is 8.68. The Kier molecular flexibility index (Phi) is 13.0. The average molecular weight is 621 g/mol. The number of aromatic nitrogens is 1. The van der Waals surface area contributed by atoms with Crippen LogP contribution in [0.4, 0.5) is 4.39 Å². The Balaban J connectivity index is 1.58. The lowest BCUT2D eigenvalue weighted by atomic mass is 9.97. The number of ether oxygens (including phenoxy) is 1. The number of aromatic hydroxyl groups is 2. The largest absolute Gasteiger partial charge is 0.507 e. The minimum atomic E-state index is -1.27. The first-order valence-electron chi connectivity index (χ1n) is 15.0. The maximum Gasteiger partial charge on any atom is 0.340 e. The van der Waals surface area contributed by atoms with Gasteiger partial charge in [-0.3, -0.25) is 9.59 Å². The first-order chi connectivity index (χ1) is 21.5. The Labute approximate surface area is 262 Å². The molecule has 45 heavy (non-hydrogen) atoms. The fourth-order valence-electron chi connectivity index (χ4n) is 4.70. The minimum absolute atomic E-state index is 0.131. The molecule has 0 aliphatic rings. The number of hydrogen-bond donors (Lipinski definition) is 4. The van der Waals surface area contributed by atoms with E-state index in [4.69, 9.17) is 4.74 Å². The number of amides is 1.